The van der Waals surface area contributed by atoms with E-state index in [1.165, 1.54) is 29.3 Å². The fourth-order valence-corrected chi connectivity index (χ4v) is 5.05. The lowest BCUT2D eigenvalue weighted by Crippen LogP contribution is -2.48. The maximum atomic E-state index is 13.3. The van der Waals surface area contributed by atoms with Crippen molar-refractivity contribution in [3.63, 3.8) is 0 Å². The molecule has 3 aromatic rings. The van der Waals surface area contributed by atoms with E-state index in [1.807, 2.05) is 6.07 Å². The molecule has 1 aliphatic rings. The van der Waals surface area contributed by atoms with E-state index in [-0.39, 0.29) is 22.4 Å². The number of halogens is 4. The molecule has 0 bridgehead atoms. The number of amides is 1. The molecule has 3 heterocycles. The number of nitrogens with zero attached hydrogens (tertiary/aromatic N) is 3. The van der Waals surface area contributed by atoms with Crippen LogP contribution < -0.4 is 0 Å². The number of carbonyl (C=O) groups excluding carboxylic acids is 1. The molecule has 2 aromatic heterocycles. The first kappa shape index (κ1) is 20.3. The highest BCUT2D eigenvalue weighted by Crippen LogP contribution is 2.34. The largest absolute Gasteiger partial charge is 0.418 e. The molecular formula is C20H17BrF3N3OS. The van der Waals surface area contributed by atoms with Crippen LogP contribution in [0.5, 0.6) is 0 Å². The van der Waals surface area contributed by atoms with Gasteiger partial charge >= 0.3 is 6.18 Å². The van der Waals surface area contributed by atoms with E-state index in [0.717, 1.165) is 29.5 Å². The Morgan fingerprint density at radius 3 is 2.52 bits per heavy atom. The molecule has 1 fully saturated rings. The summed E-state index contributed by atoms with van der Waals surface area (Å²) in [6.07, 6.45) is -3.24. The van der Waals surface area contributed by atoms with Crippen LogP contribution in [0.2, 0.25) is 0 Å². The van der Waals surface area contributed by atoms with Crippen molar-refractivity contribution >= 4 is 44.1 Å². The number of hydrogen-bond acceptors (Lipinski definition) is 4. The van der Waals surface area contributed by atoms with Crippen LogP contribution in [0.25, 0.3) is 10.9 Å². The number of rotatable bonds is 3. The minimum Gasteiger partial charge on any atom is -0.336 e. The molecular weight excluding hydrogens is 467 g/mol. The molecule has 0 spiro atoms. The number of para-hydroxylation sites is 1. The Hall–Kier alpha value is -1.97. The van der Waals surface area contributed by atoms with Gasteiger partial charge < -0.3 is 4.90 Å². The van der Waals surface area contributed by atoms with Crippen LogP contribution in [0.15, 0.2) is 46.4 Å². The molecule has 1 amide bonds. The molecule has 0 unspecified atom stereocenters. The van der Waals surface area contributed by atoms with Crippen LogP contribution >= 0.6 is 27.3 Å². The molecule has 152 valence electrons. The van der Waals surface area contributed by atoms with Crippen molar-refractivity contribution in [2.75, 3.05) is 26.2 Å². The molecule has 1 aromatic carbocycles. The summed E-state index contributed by atoms with van der Waals surface area (Å²) in [7, 11) is 0. The molecule has 0 radical (unpaired) electrons. The summed E-state index contributed by atoms with van der Waals surface area (Å²) in [5, 5.41) is 0.234. The predicted molar refractivity (Wildman–Crippen MR) is 110 cm³/mol. The highest BCUT2D eigenvalue weighted by atomic mass is 79.9. The molecule has 4 nitrogen and oxygen atoms in total. The zero-order valence-corrected chi connectivity index (χ0v) is 17.6. The molecule has 1 saturated heterocycles. The second kappa shape index (κ2) is 8.04. The molecule has 29 heavy (non-hydrogen) atoms. The second-order valence-electron chi connectivity index (χ2n) is 6.83. The zero-order valence-electron chi connectivity index (χ0n) is 15.2. The topological polar surface area (TPSA) is 36.4 Å². The van der Waals surface area contributed by atoms with Gasteiger partial charge in [0, 0.05) is 49.2 Å². The third-order valence-electron chi connectivity index (χ3n) is 4.97. The number of aromatic nitrogens is 1. The molecule has 0 atom stereocenters. The van der Waals surface area contributed by atoms with Gasteiger partial charge in [-0.25, -0.2) is 0 Å². The molecule has 0 aliphatic carbocycles. The lowest BCUT2D eigenvalue weighted by Gasteiger charge is -2.34. The number of fused-ring (bicyclic) bond motifs is 1. The Bertz CT molecular complexity index is 1040. The van der Waals surface area contributed by atoms with E-state index in [2.05, 4.69) is 31.9 Å². The van der Waals surface area contributed by atoms with Crippen molar-refractivity contribution in [1.82, 2.24) is 14.8 Å². The van der Waals surface area contributed by atoms with Gasteiger partial charge in [-0.1, -0.05) is 12.1 Å². The Morgan fingerprint density at radius 2 is 1.86 bits per heavy atom. The third kappa shape index (κ3) is 4.31. The van der Waals surface area contributed by atoms with Gasteiger partial charge in [-0.15, -0.1) is 11.3 Å². The standard InChI is InChI=1S/C20H17BrF3N3OS/c21-17-5-4-13(29-17)12-26-8-10-27(11-9-26)19(28)15-6-7-25-18-14(15)2-1-3-16(18)20(22,23)24/h1-7H,8-12H2. The van der Waals surface area contributed by atoms with Gasteiger partial charge in [-0.3, -0.25) is 14.7 Å². The lowest BCUT2D eigenvalue weighted by atomic mass is 10.0. The molecule has 0 saturated carbocycles. The first-order chi connectivity index (χ1) is 13.8. The number of carbonyl (C=O) groups is 1. The van der Waals surface area contributed by atoms with Crippen molar-refractivity contribution in [1.29, 1.82) is 0 Å². The summed E-state index contributed by atoms with van der Waals surface area (Å²) < 4.78 is 40.9. The lowest BCUT2D eigenvalue weighted by molar-refractivity contribution is -0.136. The van der Waals surface area contributed by atoms with Gasteiger partial charge in [-0.05, 0) is 40.2 Å². The fourth-order valence-electron chi connectivity index (χ4n) is 3.53. The monoisotopic (exact) mass is 483 g/mol. The average Bonchev–Trinajstić information content (AvgIpc) is 3.11. The molecule has 0 N–H and O–H groups in total. The summed E-state index contributed by atoms with van der Waals surface area (Å²) >= 11 is 5.15. The number of alkyl halides is 3. The fraction of sp³-hybridized carbons (Fsp3) is 0.300. The SMILES string of the molecule is O=C(c1ccnc2c(C(F)(F)F)cccc12)N1CCN(Cc2ccc(Br)s2)CC1. The number of pyridine rings is 1. The van der Waals surface area contributed by atoms with E-state index in [0.29, 0.717) is 13.1 Å². The van der Waals surface area contributed by atoms with Crippen molar-refractivity contribution in [3.8, 4) is 0 Å². The third-order valence-corrected chi connectivity index (χ3v) is 6.58. The molecule has 9 heteroatoms. The van der Waals surface area contributed by atoms with Crippen LogP contribution in [0.1, 0.15) is 20.8 Å². The number of piperazine rings is 1. The smallest absolute Gasteiger partial charge is 0.336 e. The van der Waals surface area contributed by atoms with E-state index in [4.69, 9.17) is 0 Å². The zero-order chi connectivity index (χ0) is 20.6. The quantitative estimate of drug-likeness (QED) is 0.523. The van der Waals surface area contributed by atoms with Gasteiger partial charge in [0.1, 0.15) is 0 Å². The van der Waals surface area contributed by atoms with Crippen molar-refractivity contribution in [2.24, 2.45) is 0 Å². The summed E-state index contributed by atoms with van der Waals surface area (Å²) in [6, 6.07) is 9.43. The minimum atomic E-state index is -4.52. The Morgan fingerprint density at radius 1 is 1.10 bits per heavy atom. The highest BCUT2D eigenvalue weighted by molar-refractivity contribution is 9.11. The van der Waals surface area contributed by atoms with Crippen LogP contribution in [0.3, 0.4) is 0 Å². The Balaban J connectivity index is 1.51. The molecule has 4 rings (SSSR count). The van der Waals surface area contributed by atoms with Crippen molar-refractivity contribution < 1.29 is 18.0 Å². The second-order valence-corrected chi connectivity index (χ2v) is 9.38. The van der Waals surface area contributed by atoms with Crippen LogP contribution in [0.4, 0.5) is 13.2 Å². The van der Waals surface area contributed by atoms with Crippen LogP contribution in [-0.2, 0) is 12.7 Å². The summed E-state index contributed by atoms with van der Waals surface area (Å²) in [4.78, 5) is 22.2. The maximum Gasteiger partial charge on any atom is 0.418 e. The highest BCUT2D eigenvalue weighted by Gasteiger charge is 2.34. The van der Waals surface area contributed by atoms with E-state index >= 15 is 0 Å². The van der Waals surface area contributed by atoms with E-state index in [1.54, 1.807) is 16.2 Å². The van der Waals surface area contributed by atoms with Gasteiger partial charge in [0.25, 0.3) is 5.91 Å². The van der Waals surface area contributed by atoms with Crippen LogP contribution in [-0.4, -0.2) is 46.9 Å². The summed E-state index contributed by atoms with van der Waals surface area (Å²) in [5.41, 5.74) is -0.749. The first-order valence-electron chi connectivity index (χ1n) is 9.04. The van der Waals surface area contributed by atoms with Gasteiger partial charge in [-0.2, -0.15) is 13.2 Å². The summed E-state index contributed by atoms with van der Waals surface area (Å²) in [6.45, 7) is 3.34. The Labute approximate surface area is 178 Å². The maximum absolute atomic E-state index is 13.3. The van der Waals surface area contributed by atoms with Gasteiger partial charge in [0.05, 0.1) is 20.4 Å². The number of hydrogen-bond donors (Lipinski definition) is 0. The Kier molecular flexibility index (Phi) is 5.63. The van der Waals surface area contributed by atoms with E-state index < -0.39 is 11.7 Å². The van der Waals surface area contributed by atoms with Crippen LogP contribution in [0, 0.1) is 0 Å². The van der Waals surface area contributed by atoms with Gasteiger partial charge in [0.2, 0.25) is 0 Å². The minimum absolute atomic E-state index is 0.187. The van der Waals surface area contributed by atoms with Crippen molar-refractivity contribution in [3.05, 3.63) is 62.4 Å². The average molecular weight is 484 g/mol. The molecule has 1 aliphatic heterocycles. The van der Waals surface area contributed by atoms with E-state index in [9.17, 15) is 18.0 Å². The number of benzene rings is 1. The summed E-state index contributed by atoms with van der Waals surface area (Å²) in [5.74, 6) is -0.254. The normalized spacial score (nSPS) is 15.8. The number of thiophene rings is 1. The van der Waals surface area contributed by atoms with Gasteiger partial charge in [0.15, 0.2) is 0 Å². The van der Waals surface area contributed by atoms with Crippen molar-refractivity contribution in [2.45, 2.75) is 12.7 Å². The predicted octanol–water partition coefficient (Wildman–Crippen LogP) is 5.04. The first-order valence-corrected chi connectivity index (χ1v) is 10.6.